The van der Waals surface area contributed by atoms with Gasteiger partial charge in [-0.3, -0.25) is 10.1 Å². The molecule has 0 aliphatic carbocycles. The SMILES string of the molecule is CCCc1c(C(=O)O)nnn1-c1cc(Cl)ccc1[N+](=O)[O-]. The quantitative estimate of drug-likeness (QED) is 0.670. The highest BCUT2D eigenvalue weighted by molar-refractivity contribution is 6.30. The summed E-state index contributed by atoms with van der Waals surface area (Å²) < 4.78 is 1.16. The number of nitro benzene ring substituents is 1. The number of hydrogen-bond acceptors (Lipinski definition) is 5. The summed E-state index contributed by atoms with van der Waals surface area (Å²) in [6.45, 7) is 1.86. The van der Waals surface area contributed by atoms with E-state index in [0.717, 1.165) is 4.68 Å². The van der Waals surface area contributed by atoms with Crippen molar-refractivity contribution in [2.45, 2.75) is 19.8 Å². The molecule has 0 spiro atoms. The average molecular weight is 311 g/mol. The third-order valence-corrected chi connectivity index (χ3v) is 3.05. The standard InChI is InChI=1S/C12H11ClN4O4/c1-2-3-9-11(12(18)19)14-15-16(9)10-6-7(13)4-5-8(10)17(20)21/h4-6H,2-3H2,1H3,(H,18,19). The smallest absolute Gasteiger partial charge is 0.358 e. The number of halogens is 1. The van der Waals surface area contributed by atoms with Crippen LogP contribution >= 0.6 is 11.6 Å². The summed E-state index contributed by atoms with van der Waals surface area (Å²) in [5, 5.41) is 27.8. The molecule has 0 amide bonds. The van der Waals surface area contributed by atoms with Crippen LogP contribution in [0.2, 0.25) is 5.02 Å². The van der Waals surface area contributed by atoms with Gasteiger partial charge in [0, 0.05) is 11.1 Å². The van der Waals surface area contributed by atoms with Crippen LogP contribution in [0.4, 0.5) is 5.69 Å². The number of benzene rings is 1. The molecule has 0 aliphatic rings. The number of rotatable bonds is 5. The summed E-state index contributed by atoms with van der Waals surface area (Å²) in [7, 11) is 0. The fourth-order valence-electron chi connectivity index (χ4n) is 1.94. The first-order valence-electron chi connectivity index (χ1n) is 6.07. The molecule has 21 heavy (non-hydrogen) atoms. The van der Waals surface area contributed by atoms with Crippen molar-refractivity contribution < 1.29 is 14.8 Å². The Hall–Kier alpha value is -2.48. The van der Waals surface area contributed by atoms with E-state index >= 15 is 0 Å². The third-order valence-electron chi connectivity index (χ3n) is 2.81. The van der Waals surface area contributed by atoms with E-state index in [1.54, 1.807) is 0 Å². The first-order chi connectivity index (χ1) is 9.95. The molecule has 1 aromatic carbocycles. The normalized spacial score (nSPS) is 10.6. The van der Waals surface area contributed by atoms with Crippen LogP contribution in [0, 0.1) is 10.1 Å². The van der Waals surface area contributed by atoms with E-state index in [9.17, 15) is 14.9 Å². The van der Waals surface area contributed by atoms with Crippen LogP contribution in [0.3, 0.4) is 0 Å². The van der Waals surface area contributed by atoms with Crippen LogP contribution in [-0.4, -0.2) is 31.0 Å². The number of aromatic carboxylic acids is 1. The summed E-state index contributed by atoms with van der Waals surface area (Å²) in [6, 6.07) is 3.99. The molecule has 110 valence electrons. The van der Waals surface area contributed by atoms with E-state index in [4.69, 9.17) is 16.7 Å². The molecule has 0 aliphatic heterocycles. The van der Waals surface area contributed by atoms with E-state index in [1.165, 1.54) is 18.2 Å². The van der Waals surface area contributed by atoms with Gasteiger partial charge in [0.05, 0.1) is 10.6 Å². The van der Waals surface area contributed by atoms with Crippen molar-refractivity contribution in [3.8, 4) is 5.69 Å². The van der Waals surface area contributed by atoms with Crippen molar-refractivity contribution in [1.29, 1.82) is 0 Å². The van der Waals surface area contributed by atoms with Crippen molar-refractivity contribution in [3.05, 3.63) is 44.7 Å². The minimum atomic E-state index is -1.23. The van der Waals surface area contributed by atoms with Crippen LogP contribution in [0.5, 0.6) is 0 Å². The van der Waals surface area contributed by atoms with Crippen molar-refractivity contribution in [2.75, 3.05) is 0 Å². The Balaban J connectivity index is 2.69. The van der Waals surface area contributed by atoms with Crippen molar-refractivity contribution in [2.24, 2.45) is 0 Å². The number of carboxylic acids is 1. The molecule has 2 rings (SSSR count). The molecule has 9 heteroatoms. The lowest BCUT2D eigenvalue weighted by Gasteiger charge is -2.07. The van der Waals surface area contributed by atoms with Gasteiger partial charge >= 0.3 is 5.97 Å². The minimum Gasteiger partial charge on any atom is -0.476 e. The molecule has 0 saturated carbocycles. The predicted octanol–water partition coefficient (Wildman–Crippen LogP) is 2.48. The van der Waals surface area contributed by atoms with E-state index < -0.39 is 10.9 Å². The monoisotopic (exact) mass is 310 g/mol. The minimum absolute atomic E-state index is 0.0935. The summed E-state index contributed by atoms with van der Waals surface area (Å²) in [5.41, 5.74) is -0.0453. The molecule has 0 atom stereocenters. The fraction of sp³-hybridized carbons (Fsp3) is 0.250. The molecule has 1 heterocycles. The summed E-state index contributed by atoms with van der Waals surface area (Å²) in [5.74, 6) is -1.23. The number of nitrogens with zero attached hydrogens (tertiary/aromatic N) is 4. The first-order valence-corrected chi connectivity index (χ1v) is 6.45. The van der Waals surface area contributed by atoms with Crippen molar-refractivity contribution in [1.82, 2.24) is 15.0 Å². The van der Waals surface area contributed by atoms with Gasteiger partial charge in [0.25, 0.3) is 5.69 Å². The zero-order chi connectivity index (χ0) is 15.6. The number of hydrogen-bond donors (Lipinski definition) is 1. The maximum absolute atomic E-state index is 11.2. The lowest BCUT2D eigenvalue weighted by atomic mass is 10.2. The number of aromatic nitrogens is 3. The zero-order valence-electron chi connectivity index (χ0n) is 11.0. The Kier molecular flexibility index (Phi) is 4.18. The Bertz CT molecular complexity index is 713. The van der Waals surface area contributed by atoms with Crippen molar-refractivity contribution >= 4 is 23.3 Å². The molecule has 0 bridgehead atoms. The first kappa shape index (κ1) is 14.9. The average Bonchev–Trinajstić information content (AvgIpc) is 2.82. The predicted molar refractivity (Wildman–Crippen MR) is 74.0 cm³/mol. The largest absolute Gasteiger partial charge is 0.476 e. The van der Waals surface area contributed by atoms with E-state index in [-0.39, 0.29) is 22.1 Å². The second-order valence-electron chi connectivity index (χ2n) is 4.24. The lowest BCUT2D eigenvalue weighted by molar-refractivity contribution is -0.384. The molecule has 0 saturated heterocycles. The molecule has 8 nitrogen and oxygen atoms in total. The second kappa shape index (κ2) is 5.88. The fourth-order valence-corrected chi connectivity index (χ4v) is 2.11. The molecule has 0 radical (unpaired) electrons. The van der Waals surface area contributed by atoms with Crippen LogP contribution < -0.4 is 0 Å². The Labute approximate surface area is 124 Å². The van der Waals surface area contributed by atoms with Gasteiger partial charge in [0.15, 0.2) is 5.69 Å². The summed E-state index contributed by atoms with van der Waals surface area (Å²) >= 11 is 5.87. The van der Waals surface area contributed by atoms with Gasteiger partial charge in [0.2, 0.25) is 0 Å². The second-order valence-corrected chi connectivity index (χ2v) is 4.68. The molecule has 0 fully saturated rings. The highest BCUT2D eigenvalue weighted by Crippen LogP contribution is 2.27. The topological polar surface area (TPSA) is 111 Å². The molecule has 1 aromatic heterocycles. The highest BCUT2D eigenvalue weighted by atomic mass is 35.5. The molecular formula is C12H11ClN4O4. The van der Waals surface area contributed by atoms with E-state index in [0.29, 0.717) is 18.5 Å². The molecular weight excluding hydrogens is 300 g/mol. The van der Waals surface area contributed by atoms with Crippen LogP contribution in [0.15, 0.2) is 18.2 Å². The summed E-state index contributed by atoms with van der Waals surface area (Å²) in [6.07, 6.45) is 1.01. The third kappa shape index (κ3) is 2.84. The van der Waals surface area contributed by atoms with Crippen LogP contribution in [0.25, 0.3) is 5.69 Å². The molecule has 2 aromatic rings. The van der Waals surface area contributed by atoms with Gasteiger partial charge in [0.1, 0.15) is 5.69 Å². The number of nitro groups is 1. The van der Waals surface area contributed by atoms with E-state index in [2.05, 4.69) is 10.3 Å². The van der Waals surface area contributed by atoms with Gasteiger partial charge in [-0.05, 0) is 18.6 Å². The maximum atomic E-state index is 11.2. The van der Waals surface area contributed by atoms with Gasteiger partial charge in [-0.1, -0.05) is 30.2 Å². The highest BCUT2D eigenvalue weighted by Gasteiger charge is 2.24. The molecule has 1 N–H and O–H groups in total. The van der Waals surface area contributed by atoms with Gasteiger partial charge in [-0.15, -0.1) is 5.10 Å². The summed E-state index contributed by atoms with van der Waals surface area (Å²) in [4.78, 5) is 21.7. The van der Waals surface area contributed by atoms with Crippen molar-refractivity contribution in [3.63, 3.8) is 0 Å². The Morgan fingerprint density at radius 2 is 2.24 bits per heavy atom. The number of carbonyl (C=O) groups is 1. The van der Waals surface area contributed by atoms with Crippen LogP contribution in [0.1, 0.15) is 29.5 Å². The van der Waals surface area contributed by atoms with Gasteiger partial charge in [-0.2, -0.15) is 0 Å². The Morgan fingerprint density at radius 3 is 2.81 bits per heavy atom. The zero-order valence-corrected chi connectivity index (χ0v) is 11.7. The lowest BCUT2D eigenvalue weighted by Crippen LogP contribution is -2.08. The number of carboxylic acid groups (broad SMARTS) is 1. The molecule has 0 unspecified atom stereocenters. The maximum Gasteiger partial charge on any atom is 0.358 e. The van der Waals surface area contributed by atoms with Gasteiger partial charge in [-0.25, -0.2) is 9.48 Å². The van der Waals surface area contributed by atoms with E-state index in [1.807, 2.05) is 6.92 Å². The Morgan fingerprint density at radius 1 is 1.52 bits per heavy atom. The van der Waals surface area contributed by atoms with Gasteiger partial charge < -0.3 is 5.11 Å². The van der Waals surface area contributed by atoms with Crippen LogP contribution in [-0.2, 0) is 6.42 Å².